The van der Waals surface area contributed by atoms with E-state index < -0.39 is 121 Å². The first-order valence-electron chi connectivity index (χ1n) is 21.8. The second-order valence-corrected chi connectivity index (χ2v) is 15.9. The third kappa shape index (κ3) is 22.2. The Labute approximate surface area is 392 Å². The maximum atomic E-state index is 13.8. The number of amides is 8. The molecule has 26 nitrogen and oxygen atoms in total. The lowest BCUT2D eigenvalue weighted by Crippen LogP contribution is -2.57. The van der Waals surface area contributed by atoms with Gasteiger partial charge in [-0.25, -0.2) is 0 Å². The molecule has 0 spiro atoms. The van der Waals surface area contributed by atoms with Crippen LogP contribution in [0.25, 0.3) is 0 Å². The summed E-state index contributed by atoms with van der Waals surface area (Å²) in [4.78, 5) is 140. The number of anilines is 1. The van der Waals surface area contributed by atoms with E-state index in [0.29, 0.717) is 12.1 Å². The van der Waals surface area contributed by atoms with Crippen molar-refractivity contribution in [3.05, 3.63) is 29.3 Å². The van der Waals surface area contributed by atoms with Gasteiger partial charge in [-0.3, -0.25) is 57.7 Å². The minimum atomic E-state index is -1.50. The Morgan fingerprint density at radius 3 is 2.06 bits per heavy atom. The van der Waals surface area contributed by atoms with Crippen molar-refractivity contribution in [2.24, 2.45) is 28.1 Å². The summed E-state index contributed by atoms with van der Waals surface area (Å²) in [5.74, 6) is -9.95. The number of nitrogens with two attached hydrogens (primary N) is 3. The Morgan fingerprint density at radius 2 is 1.49 bits per heavy atom. The molecular formula is C42H66N12O14. The first-order valence-corrected chi connectivity index (χ1v) is 21.8. The first kappa shape index (κ1) is 58.6. The fourth-order valence-corrected chi connectivity index (χ4v) is 6.23. The van der Waals surface area contributed by atoms with Crippen molar-refractivity contribution in [2.75, 3.05) is 32.0 Å². The van der Waals surface area contributed by atoms with E-state index in [-0.39, 0.29) is 55.5 Å². The summed E-state index contributed by atoms with van der Waals surface area (Å²) < 4.78 is 0. The van der Waals surface area contributed by atoms with E-state index in [9.17, 15) is 57.8 Å². The van der Waals surface area contributed by atoms with Gasteiger partial charge in [0.05, 0.1) is 31.8 Å². The second-order valence-electron chi connectivity index (χ2n) is 15.9. The number of fused-ring (bicyclic) bond motifs is 2. The molecule has 68 heavy (non-hydrogen) atoms. The van der Waals surface area contributed by atoms with Gasteiger partial charge in [-0.15, -0.1) is 0 Å². The van der Waals surface area contributed by atoms with Gasteiger partial charge in [-0.05, 0) is 48.9 Å². The van der Waals surface area contributed by atoms with E-state index >= 15 is 0 Å². The Morgan fingerprint density at radius 1 is 0.838 bits per heavy atom. The van der Waals surface area contributed by atoms with Gasteiger partial charge in [0.25, 0.3) is 5.91 Å². The molecule has 1 aromatic rings. The highest BCUT2D eigenvalue weighted by Crippen LogP contribution is 2.18. The van der Waals surface area contributed by atoms with Gasteiger partial charge in [-0.2, -0.15) is 0 Å². The zero-order chi connectivity index (χ0) is 51.7. The third-order valence-corrected chi connectivity index (χ3v) is 9.87. The maximum Gasteiger partial charge on any atom is 0.305 e. The van der Waals surface area contributed by atoms with Gasteiger partial charge >= 0.3 is 17.9 Å². The number of rotatable bonds is 20. The molecule has 0 aromatic heterocycles. The summed E-state index contributed by atoms with van der Waals surface area (Å²) in [6, 6.07) is -1.96. The molecule has 5 atom stereocenters. The second kappa shape index (κ2) is 30.0. The lowest BCUT2D eigenvalue weighted by atomic mass is 9.99. The predicted molar refractivity (Wildman–Crippen MR) is 244 cm³/mol. The van der Waals surface area contributed by atoms with Crippen molar-refractivity contribution in [2.45, 2.75) is 122 Å². The fourth-order valence-electron chi connectivity index (χ4n) is 6.23. The minimum absolute atomic E-state index is 0.0577. The van der Waals surface area contributed by atoms with Crippen LogP contribution in [0.2, 0.25) is 0 Å². The average Bonchev–Trinajstić information content (AvgIpc) is 3.25. The molecule has 1 unspecified atom stereocenters. The Hall–Kier alpha value is -7.38. The highest BCUT2D eigenvalue weighted by Gasteiger charge is 2.35. The van der Waals surface area contributed by atoms with Gasteiger partial charge in [0.15, 0.2) is 5.96 Å². The molecule has 2 rings (SSSR count). The SMILES string of the molecule is CCC(=O)Nc1cc2cc(c1)C(=O)NC(C(C)C)C(=O)N(C)[C@@H](CCCN=C(N)N)C(=O)NCC(=O)N[C@@H](CC(=O)O)C(=O)NC2.CCCCCNC(=O)[C@H](CC(=O)O)NC(=O)[C@H](N)CC(=O)O. The van der Waals surface area contributed by atoms with Crippen molar-refractivity contribution >= 4 is 76.8 Å². The molecule has 26 heteroatoms. The molecule has 16 N–H and O–H groups in total. The number of benzene rings is 1. The van der Waals surface area contributed by atoms with E-state index in [1.165, 1.54) is 30.1 Å². The van der Waals surface area contributed by atoms with Crippen LogP contribution in [0.5, 0.6) is 0 Å². The van der Waals surface area contributed by atoms with Crippen LogP contribution in [0.4, 0.5) is 5.69 Å². The number of hydrogen-bond acceptors (Lipinski definition) is 13. The largest absolute Gasteiger partial charge is 0.481 e. The summed E-state index contributed by atoms with van der Waals surface area (Å²) >= 11 is 0. The van der Waals surface area contributed by atoms with Crippen molar-refractivity contribution in [1.82, 2.24) is 36.8 Å². The van der Waals surface area contributed by atoms with E-state index in [0.717, 1.165) is 19.3 Å². The third-order valence-electron chi connectivity index (χ3n) is 9.87. The van der Waals surface area contributed by atoms with Crippen LogP contribution in [0.3, 0.4) is 0 Å². The van der Waals surface area contributed by atoms with Crippen molar-refractivity contribution < 1.29 is 68.1 Å². The molecule has 0 radical (unpaired) electrons. The van der Waals surface area contributed by atoms with Crippen LogP contribution >= 0.6 is 0 Å². The van der Waals surface area contributed by atoms with Gasteiger partial charge in [0.2, 0.25) is 41.4 Å². The molecule has 378 valence electrons. The van der Waals surface area contributed by atoms with Crippen molar-refractivity contribution in [3.63, 3.8) is 0 Å². The number of likely N-dealkylation sites (N-methyl/N-ethyl adjacent to an activating group) is 1. The Kier molecular flexibility index (Phi) is 25.9. The zero-order valence-electron chi connectivity index (χ0n) is 38.8. The van der Waals surface area contributed by atoms with Crippen molar-refractivity contribution in [1.29, 1.82) is 0 Å². The summed E-state index contributed by atoms with van der Waals surface area (Å²) in [7, 11) is 1.39. The number of carbonyl (C=O) groups excluding carboxylic acids is 8. The number of guanidine groups is 1. The minimum Gasteiger partial charge on any atom is -0.481 e. The van der Waals surface area contributed by atoms with E-state index in [4.69, 9.17) is 27.4 Å². The monoisotopic (exact) mass is 962 g/mol. The fraction of sp³-hybridized carbons (Fsp3) is 0.571. The van der Waals surface area contributed by atoms with Crippen LogP contribution < -0.4 is 54.4 Å². The molecule has 1 aliphatic heterocycles. The molecule has 1 aliphatic rings. The zero-order valence-corrected chi connectivity index (χ0v) is 38.8. The lowest BCUT2D eigenvalue weighted by molar-refractivity contribution is -0.142. The molecule has 8 amide bonds. The molecule has 0 saturated heterocycles. The number of aliphatic imine (C=N–C) groups is 1. The molecular weight excluding hydrogens is 897 g/mol. The number of carboxylic acids is 3. The van der Waals surface area contributed by atoms with Gasteiger partial charge in [-0.1, -0.05) is 40.5 Å². The van der Waals surface area contributed by atoms with Crippen LogP contribution in [-0.4, -0.2) is 148 Å². The maximum absolute atomic E-state index is 13.8. The molecule has 0 saturated carbocycles. The molecule has 2 bridgehead atoms. The standard InChI is InChI=1S/C29H43N9O8.C13H23N3O6/c1-5-21(39)35-18-10-16-9-17(11-18)25(43)37-24(15(2)3)28(46)38(4)20(7-6-8-32-29(30)31)27(45)34-14-22(40)36-19(12-23(41)42)26(44)33-13-16;1-2-3-4-5-15-13(22)9(7-11(19)20)16-12(21)8(14)6-10(17)18/h9-11,15,19-20,24H,5-8,12-14H2,1-4H3,(H,33,44)(H,34,45)(H,35,39)(H,36,40)(H,37,43)(H,41,42)(H4,30,31,32);8-9H,2-7,14H2,1H3,(H,15,22)(H,16,21)(H,17,18)(H,19,20)/t19-,20-,24?;8-,9+/m01/s1. The van der Waals surface area contributed by atoms with Crippen LogP contribution in [0.15, 0.2) is 23.2 Å². The summed E-state index contributed by atoms with van der Waals surface area (Å²) in [6.07, 6.45) is 1.16. The van der Waals surface area contributed by atoms with Gasteiger partial charge in [0, 0.05) is 44.4 Å². The lowest BCUT2D eigenvalue weighted by Gasteiger charge is -2.32. The summed E-state index contributed by atoms with van der Waals surface area (Å²) in [5, 5.41) is 44.0. The quantitative estimate of drug-likeness (QED) is 0.0363. The van der Waals surface area contributed by atoms with Crippen LogP contribution in [0, 0.1) is 5.92 Å². The number of carboxylic acid groups (broad SMARTS) is 3. The van der Waals surface area contributed by atoms with Gasteiger partial charge < -0.3 is 74.6 Å². The number of nitrogens with one attached hydrogen (secondary N) is 7. The van der Waals surface area contributed by atoms with E-state index in [1.807, 2.05) is 6.92 Å². The molecule has 1 heterocycles. The smallest absolute Gasteiger partial charge is 0.305 e. The molecule has 1 aromatic carbocycles. The molecule has 0 fully saturated rings. The van der Waals surface area contributed by atoms with Crippen LogP contribution in [-0.2, 0) is 54.5 Å². The van der Waals surface area contributed by atoms with E-state index in [2.05, 4.69) is 42.2 Å². The van der Waals surface area contributed by atoms with Gasteiger partial charge in [0.1, 0.15) is 24.2 Å². The average molecular weight is 963 g/mol. The Balaban J connectivity index is 0.000000882. The number of unbranched alkanes of at least 4 members (excludes halogenated alkanes) is 2. The highest BCUT2D eigenvalue weighted by molar-refractivity contribution is 6.01. The summed E-state index contributed by atoms with van der Waals surface area (Å²) in [5.41, 5.74) is 16.8. The first-order chi connectivity index (χ1) is 31.9. The number of carbonyl (C=O) groups is 11. The molecule has 0 aliphatic carbocycles. The number of hydrogen-bond donors (Lipinski definition) is 13. The predicted octanol–water partition coefficient (Wildman–Crippen LogP) is -2.57. The highest BCUT2D eigenvalue weighted by atomic mass is 16.4. The van der Waals surface area contributed by atoms with Crippen LogP contribution in [0.1, 0.15) is 101 Å². The number of nitrogens with zero attached hydrogens (tertiary/aromatic N) is 2. The summed E-state index contributed by atoms with van der Waals surface area (Å²) in [6.45, 7) is 6.77. The van der Waals surface area contributed by atoms with E-state index in [1.54, 1.807) is 20.8 Å². The number of aliphatic carboxylic acids is 3. The Bertz CT molecular complexity index is 2010. The topological polar surface area (TPSA) is 426 Å². The van der Waals surface area contributed by atoms with Crippen molar-refractivity contribution in [3.8, 4) is 0 Å². The normalized spacial score (nSPS) is 17.7.